The monoisotopic (exact) mass is 419 g/mol. The van der Waals surface area contributed by atoms with Gasteiger partial charge in [0.1, 0.15) is 11.9 Å². The molecule has 2 aromatic heterocycles. The van der Waals surface area contributed by atoms with Crippen LogP contribution in [0.3, 0.4) is 0 Å². The molecule has 1 fully saturated rings. The second-order valence-corrected chi connectivity index (χ2v) is 7.98. The van der Waals surface area contributed by atoms with Crippen molar-refractivity contribution >= 4 is 11.0 Å². The topological polar surface area (TPSA) is 49.0 Å². The summed E-state index contributed by atoms with van der Waals surface area (Å²) in [6.07, 6.45) is -1.39. The normalized spacial score (nSPS) is 16.9. The van der Waals surface area contributed by atoms with E-state index in [2.05, 4.69) is 4.98 Å². The van der Waals surface area contributed by atoms with Crippen LogP contribution >= 0.6 is 0 Å². The third kappa shape index (κ3) is 3.64. The molecular weight excluding hydrogens is 395 g/mol. The van der Waals surface area contributed by atoms with Crippen LogP contribution in [0.5, 0.6) is 0 Å². The lowest BCUT2D eigenvalue weighted by atomic mass is 9.99. The Bertz CT molecular complexity index is 1110. The summed E-state index contributed by atoms with van der Waals surface area (Å²) >= 11 is 0. The van der Waals surface area contributed by atoms with E-state index in [9.17, 15) is 18.0 Å². The summed E-state index contributed by atoms with van der Waals surface area (Å²) in [7, 11) is 1.66. The van der Waals surface area contributed by atoms with Crippen LogP contribution in [0.1, 0.15) is 43.1 Å². The van der Waals surface area contributed by atoms with Crippen LogP contribution in [-0.4, -0.2) is 33.5 Å². The molecule has 3 heterocycles. The number of fused-ring (bicyclic) bond motifs is 1. The number of aromatic nitrogens is 3. The van der Waals surface area contributed by atoms with Gasteiger partial charge in [0.2, 0.25) is 0 Å². The van der Waals surface area contributed by atoms with Crippen LogP contribution in [0.15, 0.2) is 35.3 Å². The lowest BCUT2D eigenvalue weighted by Crippen LogP contribution is -2.27. The Labute approximate surface area is 172 Å². The fraction of sp³-hybridized carbons (Fsp3) is 0.455. The van der Waals surface area contributed by atoms with Gasteiger partial charge < -0.3 is 13.9 Å². The summed E-state index contributed by atoms with van der Waals surface area (Å²) in [6, 6.07) is 5.40. The first-order chi connectivity index (χ1) is 14.2. The van der Waals surface area contributed by atoms with Crippen LogP contribution in [0, 0.1) is 6.92 Å². The summed E-state index contributed by atoms with van der Waals surface area (Å²) in [5.74, 6) is 0.395. The molecule has 3 aromatic rings. The SMILES string of the molecule is Cc1cc(-c2ccc3nc(C4CCOCC4)n([C@@H](C)C(F)(F)F)c3c2)cn(C)c1=O. The van der Waals surface area contributed by atoms with Gasteiger partial charge in [-0.25, -0.2) is 4.98 Å². The van der Waals surface area contributed by atoms with Crippen LogP contribution in [0.25, 0.3) is 22.2 Å². The maximum atomic E-state index is 13.7. The van der Waals surface area contributed by atoms with E-state index in [1.807, 2.05) is 6.07 Å². The maximum Gasteiger partial charge on any atom is 0.408 e. The lowest BCUT2D eigenvalue weighted by Gasteiger charge is -2.26. The first-order valence-electron chi connectivity index (χ1n) is 10.0. The minimum Gasteiger partial charge on any atom is -0.381 e. The van der Waals surface area contributed by atoms with Crippen molar-refractivity contribution in [2.45, 2.75) is 44.8 Å². The number of imidazole rings is 1. The number of ether oxygens (including phenoxy) is 1. The average molecular weight is 419 g/mol. The van der Waals surface area contributed by atoms with E-state index in [1.54, 1.807) is 38.4 Å². The number of alkyl halides is 3. The minimum absolute atomic E-state index is 0.0702. The Balaban J connectivity index is 1.91. The van der Waals surface area contributed by atoms with Crippen LogP contribution in [0.2, 0.25) is 0 Å². The fourth-order valence-electron chi connectivity index (χ4n) is 4.12. The van der Waals surface area contributed by atoms with E-state index >= 15 is 0 Å². The molecule has 0 bridgehead atoms. The Morgan fingerprint density at radius 1 is 1.17 bits per heavy atom. The molecule has 1 aliphatic heterocycles. The molecule has 0 aliphatic carbocycles. The average Bonchev–Trinajstić information content (AvgIpc) is 3.09. The van der Waals surface area contributed by atoms with Gasteiger partial charge in [0.25, 0.3) is 5.56 Å². The summed E-state index contributed by atoms with van der Waals surface area (Å²) in [4.78, 5) is 16.6. The van der Waals surface area contributed by atoms with Crippen molar-refractivity contribution in [3.63, 3.8) is 0 Å². The van der Waals surface area contributed by atoms with E-state index in [4.69, 9.17) is 4.74 Å². The smallest absolute Gasteiger partial charge is 0.381 e. The molecule has 160 valence electrons. The maximum absolute atomic E-state index is 13.7. The Morgan fingerprint density at radius 3 is 2.50 bits per heavy atom. The third-order valence-corrected chi connectivity index (χ3v) is 5.86. The van der Waals surface area contributed by atoms with Crippen molar-refractivity contribution in [1.82, 2.24) is 14.1 Å². The summed E-state index contributed by atoms with van der Waals surface area (Å²) in [6.45, 7) is 3.95. The van der Waals surface area contributed by atoms with Gasteiger partial charge in [-0.15, -0.1) is 0 Å². The van der Waals surface area contributed by atoms with Crippen molar-refractivity contribution in [3.8, 4) is 11.1 Å². The van der Waals surface area contributed by atoms with Crippen LogP contribution in [0.4, 0.5) is 13.2 Å². The fourth-order valence-corrected chi connectivity index (χ4v) is 4.12. The Hall–Kier alpha value is -2.61. The molecular formula is C22H24F3N3O2. The van der Waals surface area contributed by atoms with Gasteiger partial charge in [0.05, 0.1) is 11.0 Å². The zero-order valence-electron chi connectivity index (χ0n) is 17.2. The molecule has 0 N–H and O–H groups in total. The van der Waals surface area contributed by atoms with Crippen molar-refractivity contribution in [3.05, 3.63) is 52.2 Å². The summed E-state index contributed by atoms with van der Waals surface area (Å²) in [5, 5.41) is 0. The minimum atomic E-state index is -4.39. The van der Waals surface area contributed by atoms with E-state index in [0.29, 0.717) is 48.5 Å². The van der Waals surface area contributed by atoms with Gasteiger partial charge in [-0.3, -0.25) is 4.79 Å². The van der Waals surface area contributed by atoms with Crippen LogP contribution < -0.4 is 5.56 Å². The molecule has 0 saturated carbocycles. The van der Waals surface area contributed by atoms with E-state index in [1.165, 1.54) is 16.1 Å². The highest BCUT2D eigenvalue weighted by Gasteiger charge is 2.40. The highest BCUT2D eigenvalue weighted by molar-refractivity contribution is 5.83. The number of halogens is 3. The first kappa shape index (κ1) is 20.7. The quantitative estimate of drug-likeness (QED) is 0.617. The number of rotatable bonds is 3. The molecule has 1 atom stereocenters. The number of hydrogen-bond acceptors (Lipinski definition) is 3. The van der Waals surface area contributed by atoms with Gasteiger partial charge in [0, 0.05) is 37.9 Å². The van der Waals surface area contributed by atoms with Gasteiger partial charge >= 0.3 is 6.18 Å². The second-order valence-electron chi connectivity index (χ2n) is 7.98. The highest BCUT2D eigenvalue weighted by atomic mass is 19.4. The zero-order valence-corrected chi connectivity index (χ0v) is 17.2. The number of pyridine rings is 1. The van der Waals surface area contributed by atoms with Crippen molar-refractivity contribution in [1.29, 1.82) is 0 Å². The number of hydrogen-bond donors (Lipinski definition) is 0. The molecule has 5 nitrogen and oxygen atoms in total. The number of aryl methyl sites for hydroxylation is 2. The van der Waals surface area contributed by atoms with Crippen molar-refractivity contribution in [2.75, 3.05) is 13.2 Å². The second kappa shape index (κ2) is 7.58. The van der Waals surface area contributed by atoms with Gasteiger partial charge in [0.15, 0.2) is 0 Å². The van der Waals surface area contributed by atoms with E-state index in [-0.39, 0.29) is 11.5 Å². The largest absolute Gasteiger partial charge is 0.408 e. The van der Waals surface area contributed by atoms with Crippen molar-refractivity contribution < 1.29 is 17.9 Å². The lowest BCUT2D eigenvalue weighted by molar-refractivity contribution is -0.162. The van der Waals surface area contributed by atoms with Gasteiger partial charge in [-0.05, 0) is 56.0 Å². The molecule has 8 heteroatoms. The molecule has 30 heavy (non-hydrogen) atoms. The molecule has 4 rings (SSSR count). The number of nitrogens with zero attached hydrogens (tertiary/aromatic N) is 3. The molecule has 1 aliphatic rings. The van der Waals surface area contributed by atoms with Crippen molar-refractivity contribution in [2.24, 2.45) is 7.05 Å². The molecule has 0 unspecified atom stereocenters. The standard InChI is InChI=1S/C22H24F3N3O2/c1-13-10-17(12-27(3)21(13)29)16-4-5-18-19(11-16)28(14(2)22(23,24)25)20(26-18)15-6-8-30-9-7-15/h4-5,10-12,14-15H,6-9H2,1-3H3/t14-/m0/s1. The third-order valence-electron chi connectivity index (χ3n) is 5.86. The van der Waals surface area contributed by atoms with Crippen LogP contribution in [-0.2, 0) is 11.8 Å². The van der Waals surface area contributed by atoms with E-state index in [0.717, 1.165) is 11.1 Å². The molecule has 0 amide bonds. The highest BCUT2D eigenvalue weighted by Crippen LogP contribution is 2.39. The zero-order chi connectivity index (χ0) is 21.6. The molecule has 0 radical (unpaired) electrons. The number of benzene rings is 1. The summed E-state index contributed by atoms with van der Waals surface area (Å²) < 4.78 is 49.5. The van der Waals surface area contributed by atoms with E-state index < -0.39 is 12.2 Å². The molecule has 1 saturated heterocycles. The van der Waals surface area contributed by atoms with Gasteiger partial charge in [-0.2, -0.15) is 13.2 Å². The predicted molar refractivity (Wildman–Crippen MR) is 109 cm³/mol. The summed E-state index contributed by atoms with van der Waals surface area (Å²) in [5.41, 5.74) is 2.99. The molecule has 0 spiro atoms. The Kier molecular flexibility index (Phi) is 5.22. The van der Waals surface area contributed by atoms with Gasteiger partial charge in [-0.1, -0.05) is 6.07 Å². The first-order valence-corrected chi connectivity index (χ1v) is 10.0. The Morgan fingerprint density at radius 2 is 1.87 bits per heavy atom. The molecule has 1 aromatic carbocycles. The predicted octanol–water partition coefficient (Wildman–Crippen LogP) is 4.73.